The lowest BCUT2D eigenvalue weighted by Gasteiger charge is -2.30. The molecular formula is C13H12F4N2O4. The number of halogens is 4. The molecule has 0 fully saturated rings. The fraction of sp³-hybridized carbons (Fsp3) is 0.385. The van der Waals surface area contributed by atoms with Crippen molar-refractivity contribution in [3.05, 3.63) is 23.8 Å². The number of phenols is 1. The van der Waals surface area contributed by atoms with Gasteiger partial charge in [0.05, 0.1) is 7.11 Å². The molecule has 1 aromatic carbocycles. The van der Waals surface area contributed by atoms with Crippen LogP contribution in [0.4, 0.5) is 17.6 Å². The van der Waals surface area contributed by atoms with Crippen molar-refractivity contribution >= 4 is 11.6 Å². The molecule has 10 heteroatoms. The monoisotopic (exact) mass is 336 g/mol. The number of carbonyl (C=O) groups excluding carboxylic acids is 1. The number of ether oxygens (including phenoxy) is 1. The Morgan fingerprint density at radius 2 is 2.04 bits per heavy atom. The average Bonchev–Trinajstić information content (AvgIpc) is 2.86. The van der Waals surface area contributed by atoms with Crippen LogP contribution >= 0.6 is 0 Å². The van der Waals surface area contributed by atoms with Gasteiger partial charge in [-0.15, -0.1) is 0 Å². The summed E-state index contributed by atoms with van der Waals surface area (Å²) >= 11 is 0. The van der Waals surface area contributed by atoms with E-state index in [4.69, 9.17) is 4.74 Å². The lowest BCUT2D eigenvalue weighted by atomic mass is 10.1. The number of hydrazone groups is 1. The Balaban J connectivity index is 2.42. The highest BCUT2D eigenvalue weighted by Crippen LogP contribution is 2.35. The van der Waals surface area contributed by atoms with Gasteiger partial charge in [-0.1, -0.05) is 0 Å². The summed E-state index contributed by atoms with van der Waals surface area (Å²) in [6.07, 6.45) is -7.86. The molecule has 0 aromatic heterocycles. The summed E-state index contributed by atoms with van der Waals surface area (Å²) in [7, 11) is 1.20. The Morgan fingerprint density at radius 1 is 1.39 bits per heavy atom. The van der Waals surface area contributed by atoms with Crippen molar-refractivity contribution in [3.63, 3.8) is 0 Å². The number of hydrogen-bond donors (Lipinski definition) is 2. The number of aliphatic hydroxyl groups is 1. The van der Waals surface area contributed by atoms with Gasteiger partial charge in [0.1, 0.15) is 5.71 Å². The fourth-order valence-electron chi connectivity index (χ4n) is 2.04. The summed E-state index contributed by atoms with van der Waals surface area (Å²) in [5.74, 6) is -1.68. The first-order valence-electron chi connectivity index (χ1n) is 6.28. The Bertz CT molecular complexity index is 653. The van der Waals surface area contributed by atoms with Gasteiger partial charge in [0.25, 0.3) is 18.8 Å². The van der Waals surface area contributed by atoms with Crippen molar-refractivity contribution in [2.24, 2.45) is 5.10 Å². The molecular weight excluding hydrogens is 324 g/mol. The summed E-state index contributed by atoms with van der Waals surface area (Å²) in [6.45, 7) is 0. The highest BCUT2D eigenvalue weighted by Gasteiger charge is 2.53. The van der Waals surface area contributed by atoms with Crippen LogP contribution in [0.5, 0.6) is 11.5 Å². The summed E-state index contributed by atoms with van der Waals surface area (Å²) in [5.41, 5.74) is -4.46. The van der Waals surface area contributed by atoms with Crippen LogP contribution in [-0.2, 0) is 0 Å². The number of amides is 1. The van der Waals surface area contributed by atoms with Crippen LogP contribution in [0.1, 0.15) is 16.8 Å². The number of phenolic OH excluding ortho intramolecular Hbond substituents is 1. The smallest absolute Gasteiger partial charge is 0.287 e. The van der Waals surface area contributed by atoms with Crippen molar-refractivity contribution < 1.29 is 37.3 Å². The van der Waals surface area contributed by atoms with Gasteiger partial charge in [0, 0.05) is 12.0 Å². The van der Waals surface area contributed by atoms with Crippen molar-refractivity contribution in [3.8, 4) is 11.5 Å². The van der Waals surface area contributed by atoms with Crippen molar-refractivity contribution in [2.45, 2.75) is 25.0 Å². The highest BCUT2D eigenvalue weighted by molar-refractivity contribution is 5.99. The topological polar surface area (TPSA) is 82.4 Å². The molecule has 1 aliphatic rings. The van der Waals surface area contributed by atoms with E-state index >= 15 is 0 Å². The van der Waals surface area contributed by atoms with Crippen molar-refractivity contribution in [2.75, 3.05) is 7.11 Å². The third kappa shape index (κ3) is 2.93. The van der Waals surface area contributed by atoms with Gasteiger partial charge >= 0.3 is 0 Å². The van der Waals surface area contributed by atoms with E-state index in [1.54, 1.807) is 0 Å². The van der Waals surface area contributed by atoms with E-state index in [0.717, 1.165) is 18.2 Å². The zero-order chi connectivity index (χ0) is 17.4. The Kier molecular flexibility index (Phi) is 4.46. The first-order valence-corrected chi connectivity index (χ1v) is 6.28. The normalized spacial score (nSPS) is 21.0. The zero-order valence-corrected chi connectivity index (χ0v) is 11.7. The molecule has 0 saturated heterocycles. The number of benzene rings is 1. The standard InChI is InChI=1S/C13H12F4N2O4/c1-23-9-4-6(2-3-8(9)20)11(21)19-13(22,12(16)17)5-7(18-19)10(14)15/h2-4,10,12,20,22H,5H2,1H3/t13-/m0/s1. The van der Waals surface area contributed by atoms with Gasteiger partial charge in [-0.25, -0.2) is 17.6 Å². The summed E-state index contributed by atoms with van der Waals surface area (Å²) in [6, 6.07) is 3.13. The molecule has 1 aromatic rings. The van der Waals surface area contributed by atoms with Crippen LogP contribution < -0.4 is 4.74 Å². The zero-order valence-electron chi connectivity index (χ0n) is 11.7. The predicted molar refractivity (Wildman–Crippen MR) is 69.8 cm³/mol. The van der Waals surface area contributed by atoms with Crippen LogP contribution in [0, 0.1) is 0 Å². The Hall–Kier alpha value is -2.36. The van der Waals surface area contributed by atoms with E-state index in [1.807, 2.05) is 0 Å². The van der Waals surface area contributed by atoms with E-state index < -0.39 is 36.6 Å². The lowest BCUT2D eigenvalue weighted by Crippen LogP contribution is -2.51. The minimum Gasteiger partial charge on any atom is -0.504 e. The molecule has 23 heavy (non-hydrogen) atoms. The minimum absolute atomic E-state index is 0.0645. The Morgan fingerprint density at radius 3 is 2.57 bits per heavy atom. The minimum atomic E-state index is -3.51. The molecule has 1 atom stereocenters. The van der Waals surface area contributed by atoms with Crippen LogP contribution in [0.2, 0.25) is 0 Å². The predicted octanol–water partition coefficient (Wildman–Crippen LogP) is 1.82. The van der Waals surface area contributed by atoms with Crippen LogP contribution in [-0.4, -0.2) is 52.5 Å². The average molecular weight is 336 g/mol. The maximum absolute atomic E-state index is 13.1. The SMILES string of the molecule is COc1cc(C(=O)N2N=C(C(F)F)C[C@]2(O)C(F)F)ccc1O. The third-order valence-electron chi connectivity index (χ3n) is 3.26. The number of hydrogen-bond acceptors (Lipinski definition) is 5. The molecule has 6 nitrogen and oxygen atoms in total. The molecule has 0 radical (unpaired) electrons. The number of alkyl halides is 4. The van der Waals surface area contributed by atoms with Gasteiger partial charge in [-0.2, -0.15) is 10.1 Å². The lowest BCUT2D eigenvalue weighted by molar-refractivity contribution is -0.164. The molecule has 1 aliphatic heterocycles. The van der Waals surface area contributed by atoms with E-state index in [0.29, 0.717) is 0 Å². The van der Waals surface area contributed by atoms with E-state index in [9.17, 15) is 32.6 Å². The summed E-state index contributed by atoms with van der Waals surface area (Å²) < 4.78 is 56.3. The largest absolute Gasteiger partial charge is 0.504 e. The van der Waals surface area contributed by atoms with E-state index in [-0.39, 0.29) is 22.1 Å². The van der Waals surface area contributed by atoms with Gasteiger partial charge < -0.3 is 14.9 Å². The quantitative estimate of drug-likeness (QED) is 0.822. The third-order valence-corrected chi connectivity index (χ3v) is 3.26. The molecule has 0 unspecified atom stereocenters. The molecule has 0 spiro atoms. The second-order valence-electron chi connectivity index (χ2n) is 4.75. The molecule has 0 bridgehead atoms. The van der Waals surface area contributed by atoms with Crippen LogP contribution in [0.25, 0.3) is 0 Å². The fourth-order valence-corrected chi connectivity index (χ4v) is 2.04. The molecule has 126 valence electrons. The van der Waals surface area contributed by atoms with Crippen molar-refractivity contribution in [1.82, 2.24) is 5.01 Å². The van der Waals surface area contributed by atoms with E-state index in [1.165, 1.54) is 7.11 Å². The molecule has 2 rings (SSSR count). The van der Waals surface area contributed by atoms with Crippen molar-refractivity contribution in [1.29, 1.82) is 0 Å². The molecule has 1 amide bonds. The van der Waals surface area contributed by atoms with Crippen LogP contribution in [0.15, 0.2) is 23.3 Å². The second-order valence-corrected chi connectivity index (χ2v) is 4.75. The Labute approximate surface area is 127 Å². The molecule has 1 heterocycles. The second kappa shape index (κ2) is 6.03. The number of aromatic hydroxyl groups is 1. The molecule has 0 aliphatic carbocycles. The van der Waals surface area contributed by atoms with Gasteiger partial charge in [-0.05, 0) is 18.2 Å². The van der Waals surface area contributed by atoms with Gasteiger partial charge in [0.2, 0.25) is 5.72 Å². The number of carbonyl (C=O) groups is 1. The number of methoxy groups -OCH3 is 1. The summed E-state index contributed by atoms with van der Waals surface area (Å²) in [5, 5.41) is 22.4. The molecule has 0 saturated carbocycles. The van der Waals surface area contributed by atoms with Crippen LogP contribution in [0.3, 0.4) is 0 Å². The number of nitrogens with zero attached hydrogens (tertiary/aromatic N) is 2. The van der Waals surface area contributed by atoms with Gasteiger partial charge in [0.15, 0.2) is 11.5 Å². The maximum atomic E-state index is 13.1. The first kappa shape index (κ1) is 17.0. The number of rotatable bonds is 4. The molecule has 2 N–H and O–H groups in total. The summed E-state index contributed by atoms with van der Waals surface area (Å²) in [4.78, 5) is 12.3. The van der Waals surface area contributed by atoms with Gasteiger partial charge in [-0.3, -0.25) is 4.79 Å². The first-order chi connectivity index (χ1) is 10.7. The maximum Gasteiger partial charge on any atom is 0.287 e. The van der Waals surface area contributed by atoms with E-state index in [2.05, 4.69) is 5.10 Å². The highest BCUT2D eigenvalue weighted by atomic mass is 19.3.